The van der Waals surface area contributed by atoms with Crippen LogP contribution in [0.2, 0.25) is 0 Å². The Morgan fingerprint density at radius 3 is 2.78 bits per heavy atom. The normalized spacial score (nSPS) is 23.4. The maximum Gasteiger partial charge on any atom is 0.411 e. The van der Waals surface area contributed by atoms with E-state index in [0.29, 0.717) is 5.92 Å². The lowest BCUT2D eigenvalue weighted by Crippen LogP contribution is -2.42. The average molecular weight is 248 g/mol. The molecule has 2 unspecified atom stereocenters. The van der Waals surface area contributed by atoms with Gasteiger partial charge in [0.05, 0.1) is 0 Å². The van der Waals surface area contributed by atoms with Gasteiger partial charge in [-0.1, -0.05) is 24.6 Å². The maximum atomic E-state index is 11.8. The van der Waals surface area contributed by atoms with Gasteiger partial charge in [-0.2, -0.15) is 0 Å². The van der Waals surface area contributed by atoms with Gasteiger partial charge in [-0.15, -0.1) is 0 Å². The van der Waals surface area contributed by atoms with Crippen LogP contribution in [0.5, 0.6) is 0 Å². The van der Waals surface area contributed by atoms with Crippen LogP contribution in [0.15, 0.2) is 24.3 Å². The van der Waals surface area contributed by atoms with E-state index in [9.17, 15) is 4.79 Å². The van der Waals surface area contributed by atoms with E-state index in [4.69, 9.17) is 4.74 Å². The largest absolute Gasteiger partial charge is 0.444 e. The van der Waals surface area contributed by atoms with E-state index < -0.39 is 0 Å². The molecular formula is C14H20N2O2. The number of hydrogen-bond acceptors (Lipinski definition) is 3. The van der Waals surface area contributed by atoms with E-state index in [2.05, 4.69) is 17.6 Å². The van der Waals surface area contributed by atoms with Crippen molar-refractivity contribution in [3.63, 3.8) is 0 Å². The fourth-order valence-electron chi connectivity index (χ4n) is 2.04. The molecule has 0 aliphatic carbocycles. The Kier molecular flexibility index (Phi) is 4.20. The number of benzene rings is 1. The number of ether oxygens (including phenoxy) is 1. The van der Waals surface area contributed by atoms with Crippen molar-refractivity contribution >= 4 is 11.8 Å². The molecule has 1 aliphatic heterocycles. The van der Waals surface area contributed by atoms with Gasteiger partial charge in [0, 0.05) is 12.2 Å². The van der Waals surface area contributed by atoms with Crippen LogP contribution >= 0.6 is 0 Å². The second-order valence-electron chi connectivity index (χ2n) is 4.90. The molecule has 2 atom stereocenters. The molecule has 98 valence electrons. The van der Waals surface area contributed by atoms with E-state index in [0.717, 1.165) is 25.2 Å². The summed E-state index contributed by atoms with van der Waals surface area (Å²) in [5.74, 6) is 0.412. The average Bonchev–Trinajstić information content (AvgIpc) is 2.35. The molecule has 1 aromatic rings. The first kappa shape index (κ1) is 12.9. The number of anilines is 1. The molecule has 1 aliphatic rings. The van der Waals surface area contributed by atoms with Crippen LogP contribution in [0.4, 0.5) is 10.5 Å². The van der Waals surface area contributed by atoms with Crippen molar-refractivity contribution in [2.45, 2.75) is 26.4 Å². The molecule has 1 saturated heterocycles. The lowest BCUT2D eigenvalue weighted by atomic mass is 9.97. The zero-order chi connectivity index (χ0) is 13.0. The van der Waals surface area contributed by atoms with Gasteiger partial charge in [0.25, 0.3) is 0 Å². The number of rotatable bonds is 2. The smallest absolute Gasteiger partial charge is 0.411 e. The van der Waals surface area contributed by atoms with E-state index >= 15 is 0 Å². The van der Waals surface area contributed by atoms with E-state index in [1.165, 1.54) is 5.56 Å². The van der Waals surface area contributed by atoms with Gasteiger partial charge in [0.2, 0.25) is 0 Å². The predicted octanol–water partition coefficient (Wildman–Crippen LogP) is 2.54. The van der Waals surface area contributed by atoms with Crippen molar-refractivity contribution < 1.29 is 9.53 Å². The Hall–Kier alpha value is -1.55. The fraction of sp³-hybridized carbons (Fsp3) is 0.500. The van der Waals surface area contributed by atoms with Crippen molar-refractivity contribution in [1.29, 1.82) is 0 Å². The minimum Gasteiger partial charge on any atom is -0.444 e. The number of nitrogens with one attached hydrogen (secondary N) is 2. The third-order valence-corrected chi connectivity index (χ3v) is 3.31. The Morgan fingerprint density at radius 1 is 1.39 bits per heavy atom. The van der Waals surface area contributed by atoms with Crippen molar-refractivity contribution in [2.24, 2.45) is 5.92 Å². The van der Waals surface area contributed by atoms with Gasteiger partial charge in [-0.05, 0) is 37.9 Å². The highest BCUT2D eigenvalue weighted by atomic mass is 16.6. The SMILES string of the molecule is Cc1ccc(NC(=O)OC2CNCCC2C)cc1. The van der Waals surface area contributed by atoms with Crippen LogP contribution in [-0.2, 0) is 4.74 Å². The number of carbonyl (C=O) groups excluding carboxylic acids is 1. The van der Waals surface area contributed by atoms with Gasteiger partial charge >= 0.3 is 6.09 Å². The molecule has 0 spiro atoms. The summed E-state index contributed by atoms with van der Waals surface area (Å²) in [6.45, 7) is 5.87. The van der Waals surface area contributed by atoms with Gasteiger partial charge in [0.15, 0.2) is 0 Å². The molecule has 1 heterocycles. The number of piperidine rings is 1. The van der Waals surface area contributed by atoms with Gasteiger partial charge < -0.3 is 10.1 Å². The zero-order valence-corrected chi connectivity index (χ0v) is 10.9. The molecule has 2 rings (SSSR count). The van der Waals surface area contributed by atoms with Crippen molar-refractivity contribution in [1.82, 2.24) is 5.32 Å². The van der Waals surface area contributed by atoms with Crippen molar-refractivity contribution in [3.05, 3.63) is 29.8 Å². The first-order valence-electron chi connectivity index (χ1n) is 6.40. The van der Waals surface area contributed by atoms with Crippen LogP contribution in [0.25, 0.3) is 0 Å². The summed E-state index contributed by atoms with van der Waals surface area (Å²) in [4.78, 5) is 11.8. The Morgan fingerprint density at radius 2 is 2.11 bits per heavy atom. The lowest BCUT2D eigenvalue weighted by molar-refractivity contribution is 0.0614. The topological polar surface area (TPSA) is 50.4 Å². The molecule has 0 bridgehead atoms. The summed E-state index contributed by atoms with van der Waals surface area (Å²) in [6.07, 6.45) is 0.631. The van der Waals surface area contributed by atoms with Crippen LogP contribution < -0.4 is 10.6 Å². The summed E-state index contributed by atoms with van der Waals surface area (Å²) < 4.78 is 5.43. The molecule has 0 aromatic heterocycles. The first-order valence-corrected chi connectivity index (χ1v) is 6.40. The number of carbonyl (C=O) groups is 1. The molecule has 2 N–H and O–H groups in total. The van der Waals surface area contributed by atoms with Crippen LogP contribution in [-0.4, -0.2) is 25.3 Å². The van der Waals surface area contributed by atoms with Gasteiger partial charge in [0.1, 0.15) is 6.10 Å². The summed E-state index contributed by atoms with van der Waals surface area (Å²) >= 11 is 0. The number of hydrogen-bond donors (Lipinski definition) is 2. The highest BCUT2D eigenvalue weighted by Crippen LogP contribution is 2.16. The van der Waals surface area contributed by atoms with Crippen molar-refractivity contribution in [2.75, 3.05) is 18.4 Å². The molecule has 1 aromatic carbocycles. The summed E-state index contributed by atoms with van der Waals surface area (Å²) in [6, 6.07) is 7.67. The van der Waals surface area contributed by atoms with E-state index in [1.54, 1.807) is 0 Å². The standard InChI is InChI=1S/C14H20N2O2/c1-10-3-5-12(6-4-10)16-14(17)18-13-9-15-8-7-11(13)2/h3-6,11,13,15H,7-9H2,1-2H3,(H,16,17). The Balaban J connectivity index is 1.86. The lowest BCUT2D eigenvalue weighted by Gasteiger charge is -2.29. The Bertz CT molecular complexity index is 403. The summed E-state index contributed by atoms with van der Waals surface area (Å²) in [7, 11) is 0. The minimum atomic E-state index is -0.376. The minimum absolute atomic E-state index is 0.0378. The predicted molar refractivity (Wildman–Crippen MR) is 71.7 cm³/mol. The number of aryl methyl sites for hydroxylation is 1. The highest BCUT2D eigenvalue weighted by molar-refractivity contribution is 5.84. The van der Waals surface area contributed by atoms with E-state index in [1.807, 2.05) is 31.2 Å². The second-order valence-corrected chi connectivity index (χ2v) is 4.90. The third kappa shape index (κ3) is 3.47. The molecule has 0 saturated carbocycles. The molecule has 0 radical (unpaired) electrons. The van der Waals surface area contributed by atoms with Crippen LogP contribution in [0.3, 0.4) is 0 Å². The molecular weight excluding hydrogens is 228 g/mol. The van der Waals surface area contributed by atoms with Crippen LogP contribution in [0, 0.1) is 12.8 Å². The van der Waals surface area contributed by atoms with Crippen molar-refractivity contribution in [3.8, 4) is 0 Å². The van der Waals surface area contributed by atoms with Gasteiger partial charge in [-0.25, -0.2) is 4.79 Å². The highest BCUT2D eigenvalue weighted by Gasteiger charge is 2.24. The Labute approximate surface area is 108 Å². The quantitative estimate of drug-likeness (QED) is 0.845. The summed E-state index contributed by atoms with van der Waals surface area (Å²) in [5, 5.41) is 5.98. The molecule has 4 nitrogen and oxygen atoms in total. The molecule has 18 heavy (non-hydrogen) atoms. The molecule has 4 heteroatoms. The monoisotopic (exact) mass is 248 g/mol. The second kappa shape index (κ2) is 5.87. The number of amides is 1. The zero-order valence-electron chi connectivity index (χ0n) is 10.9. The maximum absolute atomic E-state index is 11.8. The summed E-state index contributed by atoms with van der Waals surface area (Å²) in [5.41, 5.74) is 1.93. The first-order chi connectivity index (χ1) is 8.65. The van der Waals surface area contributed by atoms with Crippen LogP contribution in [0.1, 0.15) is 18.9 Å². The van der Waals surface area contributed by atoms with E-state index in [-0.39, 0.29) is 12.2 Å². The van der Waals surface area contributed by atoms with Gasteiger partial charge in [-0.3, -0.25) is 5.32 Å². The molecule has 1 amide bonds. The fourth-order valence-corrected chi connectivity index (χ4v) is 2.04. The third-order valence-electron chi connectivity index (χ3n) is 3.31. The molecule has 1 fully saturated rings.